The van der Waals surface area contributed by atoms with E-state index in [4.69, 9.17) is 4.98 Å². The van der Waals surface area contributed by atoms with E-state index in [0.29, 0.717) is 23.7 Å². The van der Waals surface area contributed by atoms with Crippen LogP contribution in [0.4, 0.5) is 0 Å². The number of Topliss-reactive ketones (excluding diaryl/α,β-unsaturated/α-hetero) is 1. The number of rotatable bonds is 9. The number of carbonyl (C=O) groups is 1. The zero-order valence-corrected chi connectivity index (χ0v) is 18.0. The van der Waals surface area contributed by atoms with Crippen molar-refractivity contribution in [3.05, 3.63) is 59.9 Å². The normalized spacial score (nSPS) is 12.3. The van der Waals surface area contributed by atoms with Crippen molar-refractivity contribution < 1.29 is 4.79 Å². The first-order chi connectivity index (χ1) is 14.7. The van der Waals surface area contributed by atoms with Crippen LogP contribution in [0.2, 0.25) is 0 Å². The molecule has 1 atom stereocenters. The van der Waals surface area contributed by atoms with Gasteiger partial charge < -0.3 is 5.32 Å². The monoisotopic (exact) mass is 419 g/mol. The minimum Gasteiger partial charge on any atom is -0.314 e. The van der Waals surface area contributed by atoms with E-state index >= 15 is 0 Å². The lowest BCUT2D eigenvalue weighted by Crippen LogP contribution is -2.28. The zero-order chi connectivity index (χ0) is 20.9. The van der Waals surface area contributed by atoms with Crippen molar-refractivity contribution in [1.82, 2.24) is 24.9 Å². The molecule has 0 fully saturated rings. The highest BCUT2D eigenvalue weighted by Crippen LogP contribution is 2.27. The van der Waals surface area contributed by atoms with Crippen LogP contribution in [0, 0.1) is 0 Å². The second-order valence-corrected chi connectivity index (χ2v) is 8.12. The number of hydrogen-bond acceptors (Lipinski definition) is 6. The van der Waals surface area contributed by atoms with E-state index in [1.165, 1.54) is 0 Å². The number of hydrogen-bond donors (Lipinski definition) is 1. The Hall–Kier alpha value is -2.90. The molecule has 0 saturated carbocycles. The quantitative estimate of drug-likeness (QED) is 0.392. The van der Waals surface area contributed by atoms with Gasteiger partial charge in [-0.3, -0.25) is 9.78 Å². The average Bonchev–Trinajstić information content (AvgIpc) is 3.46. The maximum Gasteiger partial charge on any atom is 0.165 e. The summed E-state index contributed by atoms with van der Waals surface area (Å²) < 4.78 is 1.74. The van der Waals surface area contributed by atoms with E-state index in [1.54, 1.807) is 34.3 Å². The van der Waals surface area contributed by atoms with Gasteiger partial charge in [-0.15, -0.1) is 11.3 Å². The summed E-state index contributed by atoms with van der Waals surface area (Å²) in [6.45, 7) is 5.15. The van der Waals surface area contributed by atoms with E-state index in [0.717, 1.165) is 41.2 Å². The Kier molecular flexibility index (Phi) is 6.30. The van der Waals surface area contributed by atoms with E-state index in [2.05, 4.69) is 29.2 Å². The third-order valence-corrected chi connectivity index (χ3v) is 6.10. The summed E-state index contributed by atoms with van der Waals surface area (Å²) in [5.74, 6) is 0.138. The Balaban J connectivity index is 1.60. The molecule has 0 aliphatic rings. The summed E-state index contributed by atoms with van der Waals surface area (Å²) in [4.78, 5) is 23.2. The zero-order valence-electron chi connectivity index (χ0n) is 17.2. The van der Waals surface area contributed by atoms with E-state index in [-0.39, 0.29) is 5.78 Å². The van der Waals surface area contributed by atoms with Gasteiger partial charge >= 0.3 is 0 Å². The van der Waals surface area contributed by atoms with Gasteiger partial charge in [-0.1, -0.05) is 19.9 Å². The smallest absolute Gasteiger partial charge is 0.165 e. The van der Waals surface area contributed by atoms with Gasteiger partial charge in [0.2, 0.25) is 0 Å². The molecule has 154 valence electrons. The summed E-state index contributed by atoms with van der Waals surface area (Å²) in [6.07, 6.45) is 7.73. The number of pyridine rings is 1. The van der Waals surface area contributed by atoms with Crippen molar-refractivity contribution in [2.45, 2.75) is 39.2 Å². The molecule has 6 nitrogen and oxygen atoms in total. The maximum atomic E-state index is 12.8. The van der Waals surface area contributed by atoms with E-state index in [1.807, 2.05) is 35.8 Å². The first kappa shape index (κ1) is 20.4. The largest absolute Gasteiger partial charge is 0.314 e. The maximum absolute atomic E-state index is 12.8. The molecule has 1 N–H and O–H groups in total. The van der Waals surface area contributed by atoms with Crippen molar-refractivity contribution >= 4 is 22.8 Å². The summed E-state index contributed by atoms with van der Waals surface area (Å²) in [5.41, 5.74) is 3.85. The van der Waals surface area contributed by atoms with Crippen LogP contribution in [-0.2, 0) is 0 Å². The molecule has 0 spiro atoms. The molecule has 0 unspecified atom stereocenters. The average molecular weight is 420 g/mol. The van der Waals surface area contributed by atoms with Crippen molar-refractivity contribution in [2.24, 2.45) is 0 Å². The molecule has 0 aromatic carbocycles. The van der Waals surface area contributed by atoms with Gasteiger partial charge in [0.25, 0.3) is 0 Å². The van der Waals surface area contributed by atoms with Gasteiger partial charge in [-0.05, 0) is 49.0 Å². The first-order valence-corrected chi connectivity index (χ1v) is 11.2. The third kappa shape index (κ3) is 4.32. The van der Waals surface area contributed by atoms with Crippen LogP contribution in [-0.4, -0.2) is 38.0 Å². The molecule has 4 heterocycles. The second kappa shape index (κ2) is 9.28. The molecular weight excluding hydrogens is 394 g/mol. The molecule has 0 aliphatic heterocycles. The Bertz CT molecular complexity index is 1140. The number of thiophene rings is 1. The molecule has 0 aliphatic carbocycles. The van der Waals surface area contributed by atoms with Gasteiger partial charge in [-0.25, -0.2) is 9.50 Å². The van der Waals surface area contributed by atoms with Crippen molar-refractivity contribution in [1.29, 1.82) is 0 Å². The standard InChI is InChI=1S/C23H25N5OS/c1-3-17(24-4-2)7-8-21(29)16-9-11-25-20(14-16)18-15-26-28-12-10-19(27-23(18)28)22-6-5-13-30-22/h5-6,9-15,17,24H,3-4,7-8H2,1-2H3/t17-/m1/s1. The van der Waals surface area contributed by atoms with Crippen molar-refractivity contribution in [3.8, 4) is 21.8 Å². The highest BCUT2D eigenvalue weighted by Gasteiger charge is 2.15. The van der Waals surface area contributed by atoms with Gasteiger partial charge in [0.05, 0.1) is 28.0 Å². The summed E-state index contributed by atoms with van der Waals surface area (Å²) in [7, 11) is 0. The molecule has 0 amide bonds. The fourth-order valence-electron chi connectivity index (χ4n) is 3.55. The number of nitrogens with zero attached hydrogens (tertiary/aromatic N) is 4. The molecule has 0 bridgehead atoms. The molecule has 0 radical (unpaired) electrons. The van der Waals surface area contributed by atoms with Crippen LogP contribution in [0.5, 0.6) is 0 Å². The highest BCUT2D eigenvalue weighted by atomic mass is 32.1. The van der Waals surface area contributed by atoms with Crippen LogP contribution < -0.4 is 5.32 Å². The number of aromatic nitrogens is 4. The van der Waals surface area contributed by atoms with E-state index in [9.17, 15) is 4.79 Å². The lowest BCUT2D eigenvalue weighted by atomic mass is 10.0. The molecular formula is C23H25N5OS. The molecule has 30 heavy (non-hydrogen) atoms. The Morgan fingerprint density at radius 3 is 2.90 bits per heavy atom. The minimum atomic E-state index is 0.138. The van der Waals surface area contributed by atoms with Gasteiger partial charge in [0, 0.05) is 30.4 Å². The molecule has 7 heteroatoms. The number of fused-ring (bicyclic) bond motifs is 1. The Morgan fingerprint density at radius 1 is 1.23 bits per heavy atom. The van der Waals surface area contributed by atoms with Crippen LogP contribution in [0.25, 0.3) is 27.5 Å². The number of ketones is 1. The van der Waals surface area contributed by atoms with Crippen LogP contribution in [0.15, 0.2) is 54.3 Å². The van der Waals surface area contributed by atoms with Crippen molar-refractivity contribution in [2.75, 3.05) is 6.54 Å². The Labute approximate surface area is 180 Å². The SMILES string of the molecule is CCN[C@H](CC)CCC(=O)c1ccnc(-c2cnn3ccc(-c4cccs4)nc23)c1. The summed E-state index contributed by atoms with van der Waals surface area (Å²) in [6, 6.07) is 10.0. The van der Waals surface area contributed by atoms with Crippen LogP contribution >= 0.6 is 11.3 Å². The van der Waals surface area contributed by atoms with Crippen LogP contribution in [0.1, 0.15) is 43.5 Å². The minimum absolute atomic E-state index is 0.138. The summed E-state index contributed by atoms with van der Waals surface area (Å²) >= 11 is 1.65. The lowest BCUT2D eigenvalue weighted by Gasteiger charge is -2.14. The summed E-state index contributed by atoms with van der Waals surface area (Å²) in [5, 5.41) is 9.87. The predicted molar refractivity (Wildman–Crippen MR) is 121 cm³/mol. The van der Waals surface area contributed by atoms with Gasteiger partial charge in [0.1, 0.15) is 0 Å². The van der Waals surface area contributed by atoms with Gasteiger partial charge in [-0.2, -0.15) is 5.10 Å². The molecule has 4 rings (SSSR count). The first-order valence-electron chi connectivity index (χ1n) is 10.3. The molecule has 4 aromatic heterocycles. The second-order valence-electron chi connectivity index (χ2n) is 7.17. The highest BCUT2D eigenvalue weighted by molar-refractivity contribution is 7.13. The fourth-order valence-corrected chi connectivity index (χ4v) is 4.25. The lowest BCUT2D eigenvalue weighted by molar-refractivity contribution is 0.0975. The van der Waals surface area contributed by atoms with Crippen LogP contribution in [0.3, 0.4) is 0 Å². The topological polar surface area (TPSA) is 72.2 Å². The molecule has 4 aromatic rings. The number of nitrogens with one attached hydrogen (secondary N) is 1. The van der Waals surface area contributed by atoms with Gasteiger partial charge in [0.15, 0.2) is 11.4 Å². The third-order valence-electron chi connectivity index (χ3n) is 5.21. The molecule has 0 saturated heterocycles. The number of carbonyl (C=O) groups excluding carboxylic acids is 1. The van der Waals surface area contributed by atoms with Crippen molar-refractivity contribution in [3.63, 3.8) is 0 Å². The van der Waals surface area contributed by atoms with E-state index < -0.39 is 0 Å². The predicted octanol–water partition coefficient (Wildman–Crippen LogP) is 4.87. The fraction of sp³-hybridized carbons (Fsp3) is 0.304. The Morgan fingerprint density at radius 2 is 2.13 bits per heavy atom.